The standard InChI is InChI=1S/C40H24N4O/c1-3-13-25(14-4-1)37-36-30-19-9-12-22-34(30)45-39(36)42-40(41-37)44-31-20-10-7-17-27(31)28-23-24-33-35(38(28)44)29-18-8-11-21-32(29)43(33)26-15-5-2-6-16-26/h1-24H. The molecule has 210 valence electrons. The highest BCUT2D eigenvalue weighted by molar-refractivity contribution is 6.26. The molecule has 5 heteroatoms. The smallest absolute Gasteiger partial charge is 0.238 e. The van der Waals surface area contributed by atoms with Gasteiger partial charge in [0.15, 0.2) is 0 Å². The maximum atomic E-state index is 6.43. The molecule has 0 saturated carbocycles. The first-order valence-electron chi connectivity index (χ1n) is 15.1. The van der Waals surface area contributed by atoms with Crippen molar-refractivity contribution < 1.29 is 4.42 Å². The van der Waals surface area contributed by atoms with Gasteiger partial charge in [-0.3, -0.25) is 4.57 Å². The predicted octanol–water partition coefficient (Wildman–Crippen LogP) is 10.2. The number of hydrogen-bond donors (Lipinski definition) is 0. The molecule has 10 aromatic rings. The molecular formula is C40H24N4O. The lowest BCUT2D eigenvalue weighted by atomic mass is 10.1. The summed E-state index contributed by atoms with van der Waals surface area (Å²) in [4.78, 5) is 10.5. The maximum absolute atomic E-state index is 6.43. The number of hydrogen-bond acceptors (Lipinski definition) is 3. The summed E-state index contributed by atoms with van der Waals surface area (Å²) >= 11 is 0. The Bertz CT molecular complexity index is 2750. The van der Waals surface area contributed by atoms with Gasteiger partial charge in [-0.1, -0.05) is 109 Å². The molecule has 0 aliphatic carbocycles. The molecule has 0 atom stereocenters. The van der Waals surface area contributed by atoms with Crippen LogP contribution < -0.4 is 0 Å². The Labute approximate surface area is 257 Å². The Balaban J connectivity index is 1.41. The van der Waals surface area contributed by atoms with E-state index in [4.69, 9.17) is 14.4 Å². The van der Waals surface area contributed by atoms with Crippen LogP contribution in [0, 0.1) is 0 Å². The average molecular weight is 577 g/mol. The molecule has 0 spiro atoms. The molecule has 0 aliphatic heterocycles. The first kappa shape index (κ1) is 24.3. The lowest BCUT2D eigenvalue weighted by molar-refractivity contribution is 0.651. The summed E-state index contributed by atoms with van der Waals surface area (Å²) in [5, 5.41) is 6.58. The van der Waals surface area contributed by atoms with Gasteiger partial charge in [0.25, 0.3) is 0 Å². The van der Waals surface area contributed by atoms with Crippen LogP contribution in [0.25, 0.3) is 88.6 Å². The Morgan fingerprint density at radius 2 is 1.09 bits per heavy atom. The van der Waals surface area contributed by atoms with Crippen LogP contribution in [0.3, 0.4) is 0 Å². The first-order chi connectivity index (χ1) is 22.3. The number of furan rings is 1. The topological polar surface area (TPSA) is 48.8 Å². The maximum Gasteiger partial charge on any atom is 0.238 e. The van der Waals surface area contributed by atoms with Crippen molar-refractivity contribution >= 4 is 65.7 Å². The van der Waals surface area contributed by atoms with Crippen LogP contribution >= 0.6 is 0 Å². The summed E-state index contributed by atoms with van der Waals surface area (Å²) in [7, 11) is 0. The van der Waals surface area contributed by atoms with Crippen molar-refractivity contribution in [2.24, 2.45) is 0 Å². The van der Waals surface area contributed by atoms with Crippen LogP contribution in [0.2, 0.25) is 0 Å². The van der Waals surface area contributed by atoms with Crippen LogP contribution in [0.1, 0.15) is 0 Å². The molecule has 0 bridgehead atoms. The summed E-state index contributed by atoms with van der Waals surface area (Å²) in [5.41, 5.74) is 8.77. The summed E-state index contributed by atoms with van der Waals surface area (Å²) < 4.78 is 11.0. The minimum absolute atomic E-state index is 0.574. The fourth-order valence-corrected chi connectivity index (χ4v) is 7.09. The highest BCUT2D eigenvalue weighted by Gasteiger charge is 2.24. The third-order valence-electron chi connectivity index (χ3n) is 8.96. The summed E-state index contributed by atoms with van der Waals surface area (Å²) in [6.07, 6.45) is 0. The van der Waals surface area contributed by atoms with Gasteiger partial charge in [0.05, 0.1) is 33.1 Å². The van der Waals surface area contributed by atoms with Crippen LogP contribution in [0.15, 0.2) is 150 Å². The molecule has 5 nitrogen and oxygen atoms in total. The van der Waals surface area contributed by atoms with E-state index in [1.807, 2.05) is 36.4 Å². The third kappa shape index (κ3) is 3.38. The lowest BCUT2D eigenvalue weighted by Crippen LogP contribution is -2.03. The van der Waals surface area contributed by atoms with E-state index in [-0.39, 0.29) is 0 Å². The molecule has 0 N–H and O–H groups in total. The molecule has 0 radical (unpaired) electrons. The van der Waals surface area contributed by atoms with Crippen molar-refractivity contribution in [2.75, 3.05) is 0 Å². The largest absolute Gasteiger partial charge is 0.437 e. The van der Waals surface area contributed by atoms with Crippen molar-refractivity contribution in [1.29, 1.82) is 0 Å². The van der Waals surface area contributed by atoms with Crippen LogP contribution in [0.4, 0.5) is 0 Å². The van der Waals surface area contributed by atoms with E-state index < -0.39 is 0 Å². The average Bonchev–Trinajstić information content (AvgIpc) is 3.76. The van der Waals surface area contributed by atoms with Gasteiger partial charge in [-0.25, -0.2) is 4.98 Å². The second kappa shape index (κ2) is 9.15. The normalized spacial score (nSPS) is 12.0. The lowest BCUT2D eigenvalue weighted by Gasteiger charge is -2.11. The zero-order chi connectivity index (χ0) is 29.5. The van der Waals surface area contributed by atoms with E-state index in [9.17, 15) is 0 Å². The van der Waals surface area contributed by atoms with Crippen molar-refractivity contribution in [1.82, 2.24) is 19.1 Å². The van der Waals surface area contributed by atoms with Gasteiger partial charge in [0.1, 0.15) is 5.58 Å². The van der Waals surface area contributed by atoms with Crippen molar-refractivity contribution in [3.05, 3.63) is 146 Å². The van der Waals surface area contributed by atoms with E-state index in [0.29, 0.717) is 11.7 Å². The number of aromatic nitrogens is 4. The number of para-hydroxylation sites is 4. The Hall–Kier alpha value is -6.20. The SMILES string of the molecule is c1ccc(-c2nc(-n3c4ccccc4c4ccc5c(c6ccccc6n5-c5ccccc5)c43)nc3oc4ccccc4c23)cc1. The van der Waals surface area contributed by atoms with Gasteiger partial charge in [-0.05, 0) is 36.4 Å². The fraction of sp³-hybridized carbons (Fsp3) is 0. The number of nitrogens with zero attached hydrogens (tertiary/aromatic N) is 4. The summed E-state index contributed by atoms with van der Waals surface area (Å²) in [6, 6.07) is 50.7. The van der Waals surface area contributed by atoms with Gasteiger partial charge in [-0.2, -0.15) is 4.98 Å². The molecule has 0 saturated heterocycles. The molecule has 10 rings (SSSR count). The number of benzene rings is 6. The summed E-state index contributed by atoms with van der Waals surface area (Å²) in [5.74, 6) is 0.579. The quantitative estimate of drug-likeness (QED) is 0.210. The molecule has 6 aromatic carbocycles. The monoisotopic (exact) mass is 576 g/mol. The fourth-order valence-electron chi connectivity index (χ4n) is 7.09. The molecule has 4 heterocycles. The van der Waals surface area contributed by atoms with E-state index >= 15 is 0 Å². The van der Waals surface area contributed by atoms with Gasteiger partial charge >= 0.3 is 0 Å². The molecular weight excluding hydrogens is 552 g/mol. The highest BCUT2D eigenvalue weighted by Crippen LogP contribution is 2.42. The van der Waals surface area contributed by atoms with Crippen LogP contribution in [-0.2, 0) is 0 Å². The van der Waals surface area contributed by atoms with Gasteiger partial charge in [-0.15, -0.1) is 0 Å². The number of rotatable bonds is 3. The van der Waals surface area contributed by atoms with E-state index in [1.54, 1.807) is 0 Å². The third-order valence-corrected chi connectivity index (χ3v) is 8.96. The van der Waals surface area contributed by atoms with Crippen LogP contribution in [-0.4, -0.2) is 19.1 Å². The molecule has 45 heavy (non-hydrogen) atoms. The van der Waals surface area contributed by atoms with Crippen molar-refractivity contribution in [2.45, 2.75) is 0 Å². The van der Waals surface area contributed by atoms with Crippen LogP contribution in [0.5, 0.6) is 0 Å². The van der Waals surface area contributed by atoms with E-state index in [0.717, 1.165) is 71.5 Å². The summed E-state index contributed by atoms with van der Waals surface area (Å²) in [6.45, 7) is 0. The predicted molar refractivity (Wildman–Crippen MR) is 183 cm³/mol. The minimum Gasteiger partial charge on any atom is -0.437 e. The number of fused-ring (bicyclic) bond motifs is 10. The first-order valence-corrected chi connectivity index (χ1v) is 15.1. The van der Waals surface area contributed by atoms with Crippen molar-refractivity contribution in [3.63, 3.8) is 0 Å². The molecule has 0 fully saturated rings. The highest BCUT2D eigenvalue weighted by atomic mass is 16.3. The van der Waals surface area contributed by atoms with E-state index in [2.05, 4.69) is 118 Å². The van der Waals surface area contributed by atoms with Crippen molar-refractivity contribution in [3.8, 4) is 22.9 Å². The van der Waals surface area contributed by atoms with Gasteiger partial charge < -0.3 is 8.98 Å². The Morgan fingerprint density at radius 3 is 1.89 bits per heavy atom. The zero-order valence-corrected chi connectivity index (χ0v) is 24.1. The molecule has 0 unspecified atom stereocenters. The van der Waals surface area contributed by atoms with Gasteiger partial charge in [0, 0.05) is 38.2 Å². The molecule has 0 aliphatic rings. The van der Waals surface area contributed by atoms with Gasteiger partial charge in [0.2, 0.25) is 11.7 Å². The molecule has 4 aromatic heterocycles. The molecule has 0 amide bonds. The Morgan fingerprint density at radius 1 is 0.444 bits per heavy atom. The van der Waals surface area contributed by atoms with E-state index in [1.165, 1.54) is 5.39 Å². The zero-order valence-electron chi connectivity index (χ0n) is 24.1. The second-order valence-corrected chi connectivity index (χ2v) is 11.4. The second-order valence-electron chi connectivity index (χ2n) is 11.4. The Kier molecular flexibility index (Phi) is 4.93. The minimum atomic E-state index is 0.574.